The molecule has 0 aliphatic carbocycles. The molecule has 0 saturated heterocycles. The Morgan fingerprint density at radius 2 is 1.30 bits per heavy atom. The van der Waals surface area contributed by atoms with Crippen molar-refractivity contribution in [3.8, 4) is 0 Å². The molecule has 0 spiro atoms. The van der Waals surface area contributed by atoms with Crippen LogP contribution in [0, 0.1) is 0 Å². The summed E-state index contributed by atoms with van der Waals surface area (Å²) in [6.07, 6.45) is 0. The van der Waals surface area contributed by atoms with Crippen LogP contribution in [0.3, 0.4) is 0 Å². The molecule has 56 valence electrons. The van der Waals surface area contributed by atoms with Crippen molar-refractivity contribution in [1.82, 2.24) is 6.15 Å². The predicted octanol–water partition coefficient (Wildman–Crippen LogP) is -4.74. The van der Waals surface area contributed by atoms with Crippen LogP contribution in [-0.2, 0) is 8.92 Å². The van der Waals surface area contributed by atoms with E-state index in [-0.39, 0.29) is 35.7 Å². The largest absolute Gasteiger partial charge is 1.00 e. The Balaban J connectivity index is -0.0000000300. The van der Waals surface area contributed by atoms with Gasteiger partial charge in [-0.25, -0.2) is 0 Å². The van der Waals surface area contributed by atoms with Crippen molar-refractivity contribution in [3.63, 3.8) is 0 Å². The maximum absolute atomic E-state index is 10.1. The topological polar surface area (TPSA) is 112 Å². The molecule has 10 heteroatoms. The minimum atomic E-state index is -3.88. The van der Waals surface area contributed by atoms with E-state index < -0.39 is 18.5 Å². The summed E-state index contributed by atoms with van der Waals surface area (Å²) in [6.45, 7) is 0. The number of halogens is 2. The third-order valence-corrected chi connectivity index (χ3v) is 0. The molecule has 0 amide bonds. The zero-order valence-corrected chi connectivity index (χ0v) is 9.13. The maximum Gasteiger partial charge on any atom is 1.00 e. The van der Waals surface area contributed by atoms with Gasteiger partial charge in [-0.2, -0.15) is 4.11 Å². The van der Waals surface area contributed by atoms with Gasteiger partial charge in [0.1, 0.15) is 0 Å². The first-order valence-corrected chi connectivity index (χ1v) is 3.64. The Morgan fingerprint density at radius 3 is 1.30 bits per heavy atom. The van der Waals surface area contributed by atoms with Gasteiger partial charge >= 0.3 is 48.1 Å². The third-order valence-electron chi connectivity index (χ3n) is 0. The van der Waals surface area contributed by atoms with Crippen LogP contribution in [0.2, 0.25) is 0 Å². The molecule has 0 aromatic carbocycles. The molecule has 0 aliphatic rings. The summed E-state index contributed by atoms with van der Waals surface area (Å²) in [5, 5.41) is 0. The Morgan fingerprint density at radius 1 is 1.30 bits per heavy atom. The van der Waals surface area contributed by atoms with Crippen molar-refractivity contribution in [2.75, 3.05) is 0 Å². The van der Waals surface area contributed by atoms with Crippen molar-refractivity contribution in [1.29, 1.82) is 0 Å². The molecule has 0 fully saturated rings. The molecule has 0 saturated carbocycles. The quantitative estimate of drug-likeness (QED) is 0.300. The Bertz CT molecular complexity index is 79.3. The molecular formula is H4F2NNaO4Si2. The van der Waals surface area contributed by atoms with Gasteiger partial charge in [0.15, 0.2) is 0 Å². The summed E-state index contributed by atoms with van der Waals surface area (Å²) in [6, 6.07) is 0. The number of hydrogen-bond donors (Lipinski definition) is 2. The van der Waals surface area contributed by atoms with Crippen LogP contribution >= 0.6 is 0 Å². The summed E-state index contributed by atoms with van der Waals surface area (Å²) in [7, 11) is -7.51. The van der Waals surface area contributed by atoms with Gasteiger partial charge in [-0.3, -0.25) is 8.57 Å². The van der Waals surface area contributed by atoms with Gasteiger partial charge in [-0.1, -0.05) is 0 Å². The molecule has 0 radical (unpaired) electrons. The van der Waals surface area contributed by atoms with Crippen LogP contribution in [0.4, 0.5) is 8.22 Å². The Hall–Kier alpha value is 0.454. The second-order valence-corrected chi connectivity index (χ2v) is 1.47. The molecule has 4 N–H and O–H groups in total. The SMILES string of the molecule is N.O=[Si](O)F.O=[Si]([O-])F.[Na+]. The van der Waals surface area contributed by atoms with Gasteiger partial charge in [-0.15, -0.1) is 0 Å². The van der Waals surface area contributed by atoms with Crippen LogP contribution in [0.5, 0.6) is 0 Å². The molecule has 0 atom stereocenters. The molecule has 0 rings (SSSR count). The fourth-order valence-corrected chi connectivity index (χ4v) is 0. The van der Waals surface area contributed by atoms with Gasteiger partial charge < -0.3 is 20.2 Å². The Labute approximate surface area is 80.9 Å². The van der Waals surface area contributed by atoms with Crippen molar-refractivity contribution >= 4 is 18.5 Å². The summed E-state index contributed by atoms with van der Waals surface area (Å²) in [4.78, 5) is 15.3. The zero-order valence-electron chi connectivity index (χ0n) is 5.13. The Kier molecular flexibility index (Phi) is 36.4. The first-order valence-electron chi connectivity index (χ1n) is 1.21. The standard InChI is InChI=1S/FHO2Si.FO2Si.H3N.Na/c2*1-4(2)3;;/h2H;;1H3;/q;-1;;+1. The van der Waals surface area contributed by atoms with Crippen LogP contribution in [-0.4, -0.2) is 23.3 Å². The minimum Gasteiger partial charge on any atom is -0.560 e. The van der Waals surface area contributed by atoms with Gasteiger partial charge in [0, 0.05) is 0 Å². The second-order valence-electron chi connectivity index (χ2n) is 0.491. The van der Waals surface area contributed by atoms with Crippen LogP contribution in [0.15, 0.2) is 0 Å². The van der Waals surface area contributed by atoms with E-state index in [4.69, 9.17) is 18.5 Å². The molecule has 0 bridgehead atoms. The number of rotatable bonds is 0. The van der Waals surface area contributed by atoms with Crippen LogP contribution < -0.4 is 40.5 Å². The summed E-state index contributed by atoms with van der Waals surface area (Å²) in [5.74, 6) is 0. The molecule has 0 aliphatic heterocycles. The molecular weight excluding hydrogens is 195 g/mol. The first-order chi connectivity index (χ1) is 3.46. The van der Waals surface area contributed by atoms with Gasteiger partial charge in [-0.05, 0) is 0 Å². The van der Waals surface area contributed by atoms with E-state index in [1.54, 1.807) is 0 Å². The van der Waals surface area contributed by atoms with Crippen molar-refractivity contribution in [2.45, 2.75) is 0 Å². The summed E-state index contributed by atoms with van der Waals surface area (Å²) < 4.78 is 37.0. The van der Waals surface area contributed by atoms with E-state index >= 15 is 0 Å². The van der Waals surface area contributed by atoms with E-state index in [0.717, 1.165) is 0 Å². The van der Waals surface area contributed by atoms with E-state index in [9.17, 15) is 8.22 Å². The van der Waals surface area contributed by atoms with Gasteiger partial charge in [0.05, 0.1) is 0 Å². The molecule has 5 nitrogen and oxygen atoms in total. The van der Waals surface area contributed by atoms with E-state index in [1.807, 2.05) is 0 Å². The first kappa shape index (κ1) is 22.4. The number of hydrogen-bond acceptors (Lipinski definition) is 4. The van der Waals surface area contributed by atoms with Gasteiger partial charge in [0.2, 0.25) is 0 Å². The zero-order chi connectivity index (χ0) is 7.15. The minimum absolute atomic E-state index is 0. The van der Waals surface area contributed by atoms with E-state index in [2.05, 4.69) is 0 Å². The third kappa shape index (κ3) is 2280. The molecule has 10 heavy (non-hydrogen) atoms. The monoisotopic (exact) mass is 199 g/mol. The summed E-state index contributed by atoms with van der Waals surface area (Å²) >= 11 is 0. The molecule has 0 aromatic rings. The van der Waals surface area contributed by atoms with Crippen LogP contribution in [0.1, 0.15) is 0 Å². The van der Waals surface area contributed by atoms with Gasteiger partial charge in [0.25, 0.3) is 0 Å². The predicted molar refractivity (Wildman–Crippen MR) is 22.3 cm³/mol. The molecule has 0 aromatic heterocycles. The maximum atomic E-state index is 10.1. The summed E-state index contributed by atoms with van der Waals surface area (Å²) in [5.41, 5.74) is 0. The van der Waals surface area contributed by atoms with Crippen molar-refractivity contribution in [2.24, 2.45) is 0 Å². The smallest absolute Gasteiger partial charge is 0.560 e. The average molecular weight is 199 g/mol. The molecule has 0 unspecified atom stereocenters. The van der Waals surface area contributed by atoms with E-state index in [1.165, 1.54) is 0 Å². The second kappa shape index (κ2) is 16.2. The van der Waals surface area contributed by atoms with Crippen molar-refractivity contribution in [3.05, 3.63) is 0 Å². The molecule has 0 heterocycles. The average Bonchev–Trinajstić information content (AvgIpc) is 1.25. The fraction of sp³-hybridized carbons (Fsp3) is 0. The van der Waals surface area contributed by atoms with E-state index in [0.29, 0.717) is 0 Å². The normalized spacial score (nSPS) is 5.00. The fourth-order valence-electron chi connectivity index (χ4n) is 0. The van der Waals surface area contributed by atoms with Crippen molar-refractivity contribution < 1.29 is 56.3 Å². The van der Waals surface area contributed by atoms with Crippen LogP contribution in [0.25, 0.3) is 0 Å².